The number of rotatable bonds is 4. The summed E-state index contributed by atoms with van der Waals surface area (Å²) in [6, 6.07) is 7.15. The zero-order chi connectivity index (χ0) is 17.8. The van der Waals surface area contributed by atoms with Crippen molar-refractivity contribution in [1.82, 2.24) is 10.2 Å². The highest BCUT2D eigenvalue weighted by Crippen LogP contribution is 2.25. The van der Waals surface area contributed by atoms with Gasteiger partial charge in [-0.1, -0.05) is 13.0 Å². The Labute approximate surface area is 147 Å². The number of hydrogen-bond acceptors (Lipinski definition) is 3. The van der Waals surface area contributed by atoms with E-state index in [2.05, 4.69) is 10.6 Å². The smallest absolute Gasteiger partial charge is 0.321 e. The molecule has 7 nitrogen and oxygen atoms in total. The Bertz CT molecular complexity index is 676. The summed E-state index contributed by atoms with van der Waals surface area (Å²) in [4.78, 5) is 39.1. The van der Waals surface area contributed by atoms with Crippen LogP contribution in [0, 0.1) is 0 Å². The number of urea groups is 1. The van der Waals surface area contributed by atoms with Gasteiger partial charge in [-0.2, -0.15) is 0 Å². The largest absolute Gasteiger partial charge is 0.352 e. The summed E-state index contributed by atoms with van der Waals surface area (Å²) in [7, 11) is 0. The van der Waals surface area contributed by atoms with Crippen LogP contribution in [0.2, 0.25) is 0 Å². The first-order valence-electron chi connectivity index (χ1n) is 8.82. The molecule has 2 aliphatic rings. The van der Waals surface area contributed by atoms with Crippen LogP contribution >= 0.6 is 0 Å². The normalized spacial score (nSPS) is 20.0. The number of nitrogens with zero attached hydrogens (tertiary/aromatic N) is 2. The number of benzene rings is 1. The van der Waals surface area contributed by atoms with Crippen molar-refractivity contribution in [3.05, 3.63) is 24.3 Å². The lowest BCUT2D eigenvalue weighted by Gasteiger charge is -2.33. The summed E-state index contributed by atoms with van der Waals surface area (Å²) in [5, 5.41) is 5.85. The molecule has 7 heteroatoms. The molecule has 0 aliphatic carbocycles. The fourth-order valence-electron chi connectivity index (χ4n) is 3.15. The number of piperidine rings is 1. The van der Waals surface area contributed by atoms with Gasteiger partial charge >= 0.3 is 6.03 Å². The SMILES string of the molecule is CCC(=O)N[C@@H]1CCCN(C(=O)Nc2cccc(N3CCC3=O)c2)C1. The molecule has 134 valence electrons. The first kappa shape index (κ1) is 17.3. The Kier molecular flexibility index (Phi) is 5.21. The highest BCUT2D eigenvalue weighted by atomic mass is 16.2. The molecule has 2 heterocycles. The molecule has 0 bridgehead atoms. The quantitative estimate of drug-likeness (QED) is 0.819. The van der Waals surface area contributed by atoms with E-state index >= 15 is 0 Å². The van der Waals surface area contributed by atoms with E-state index in [0.717, 1.165) is 25.1 Å². The fourth-order valence-corrected chi connectivity index (χ4v) is 3.15. The van der Waals surface area contributed by atoms with E-state index in [4.69, 9.17) is 0 Å². The van der Waals surface area contributed by atoms with Gasteiger partial charge in [-0.15, -0.1) is 0 Å². The summed E-state index contributed by atoms with van der Waals surface area (Å²) in [5.74, 6) is 0.119. The number of nitrogens with one attached hydrogen (secondary N) is 2. The van der Waals surface area contributed by atoms with Gasteiger partial charge in [0.15, 0.2) is 0 Å². The summed E-state index contributed by atoms with van der Waals surface area (Å²) in [6.07, 6.45) is 2.78. The van der Waals surface area contributed by atoms with Crippen LogP contribution in [0.25, 0.3) is 0 Å². The minimum Gasteiger partial charge on any atom is -0.352 e. The Hall–Kier alpha value is -2.57. The van der Waals surface area contributed by atoms with Gasteiger partial charge in [0.05, 0.1) is 0 Å². The van der Waals surface area contributed by atoms with Gasteiger partial charge in [0.25, 0.3) is 0 Å². The summed E-state index contributed by atoms with van der Waals surface area (Å²) in [6.45, 7) is 3.73. The molecular weight excluding hydrogens is 320 g/mol. The average Bonchev–Trinajstić information content (AvgIpc) is 2.61. The van der Waals surface area contributed by atoms with Crippen LogP contribution in [0.5, 0.6) is 0 Å². The van der Waals surface area contributed by atoms with Crippen molar-refractivity contribution < 1.29 is 14.4 Å². The number of likely N-dealkylation sites (tertiary alicyclic amines) is 1. The van der Waals surface area contributed by atoms with Crippen LogP contribution in [0.4, 0.5) is 16.2 Å². The first-order valence-corrected chi connectivity index (χ1v) is 8.82. The number of carbonyl (C=O) groups excluding carboxylic acids is 3. The molecule has 4 amide bonds. The van der Waals surface area contributed by atoms with Crippen LogP contribution in [0.15, 0.2) is 24.3 Å². The second kappa shape index (κ2) is 7.55. The maximum atomic E-state index is 12.5. The number of carbonyl (C=O) groups is 3. The maximum absolute atomic E-state index is 12.5. The minimum atomic E-state index is -0.178. The van der Waals surface area contributed by atoms with Crippen molar-refractivity contribution in [1.29, 1.82) is 0 Å². The predicted molar refractivity (Wildman–Crippen MR) is 95.5 cm³/mol. The molecule has 0 spiro atoms. The third kappa shape index (κ3) is 4.10. The van der Waals surface area contributed by atoms with Crippen molar-refractivity contribution in [2.75, 3.05) is 29.9 Å². The monoisotopic (exact) mass is 344 g/mol. The van der Waals surface area contributed by atoms with E-state index in [0.29, 0.717) is 31.6 Å². The van der Waals surface area contributed by atoms with Gasteiger partial charge < -0.3 is 20.4 Å². The molecule has 2 N–H and O–H groups in total. The summed E-state index contributed by atoms with van der Waals surface area (Å²) < 4.78 is 0. The number of hydrogen-bond donors (Lipinski definition) is 2. The van der Waals surface area contributed by atoms with E-state index in [1.165, 1.54) is 0 Å². The highest BCUT2D eigenvalue weighted by Gasteiger charge is 2.26. The molecule has 3 rings (SSSR count). The maximum Gasteiger partial charge on any atom is 0.321 e. The molecule has 2 saturated heterocycles. The third-order valence-corrected chi connectivity index (χ3v) is 4.65. The lowest BCUT2D eigenvalue weighted by Crippen LogP contribution is -2.50. The summed E-state index contributed by atoms with van der Waals surface area (Å²) in [5.41, 5.74) is 1.47. The van der Waals surface area contributed by atoms with E-state index in [9.17, 15) is 14.4 Å². The lowest BCUT2D eigenvalue weighted by molar-refractivity contribution is -0.122. The Morgan fingerprint density at radius 1 is 1.28 bits per heavy atom. The summed E-state index contributed by atoms with van der Waals surface area (Å²) >= 11 is 0. The van der Waals surface area contributed by atoms with E-state index in [-0.39, 0.29) is 23.9 Å². The van der Waals surface area contributed by atoms with Crippen LogP contribution in [0.1, 0.15) is 32.6 Å². The number of amides is 4. The number of anilines is 2. The fraction of sp³-hybridized carbons (Fsp3) is 0.500. The highest BCUT2D eigenvalue weighted by molar-refractivity contribution is 6.00. The van der Waals surface area contributed by atoms with Gasteiger partial charge in [-0.25, -0.2) is 4.79 Å². The molecular formula is C18H24N4O3. The van der Waals surface area contributed by atoms with Crippen molar-refractivity contribution in [3.8, 4) is 0 Å². The Morgan fingerprint density at radius 2 is 2.12 bits per heavy atom. The van der Waals surface area contributed by atoms with E-state index < -0.39 is 0 Å². The van der Waals surface area contributed by atoms with Gasteiger partial charge in [-0.3, -0.25) is 9.59 Å². The second-order valence-electron chi connectivity index (χ2n) is 6.48. The minimum absolute atomic E-state index is 0.0111. The van der Waals surface area contributed by atoms with Crippen molar-refractivity contribution in [3.63, 3.8) is 0 Å². The molecule has 25 heavy (non-hydrogen) atoms. The Balaban J connectivity index is 1.59. The first-order chi connectivity index (χ1) is 12.1. The van der Waals surface area contributed by atoms with Crippen molar-refractivity contribution >= 4 is 29.2 Å². The molecule has 0 unspecified atom stereocenters. The molecule has 1 atom stereocenters. The molecule has 0 aromatic heterocycles. The van der Waals surface area contributed by atoms with Crippen LogP contribution in [-0.2, 0) is 9.59 Å². The molecule has 2 fully saturated rings. The molecule has 1 aromatic carbocycles. The average molecular weight is 344 g/mol. The molecule has 0 radical (unpaired) electrons. The van der Waals surface area contributed by atoms with Crippen molar-refractivity contribution in [2.24, 2.45) is 0 Å². The van der Waals surface area contributed by atoms with Gasteiger partial charge in [0, 0.05) is 49.9 Å². The van der Waals surface area contributed by atoms with Gasteiger partial charge in [-0.05, 0) is 31.0 Å². The standard InChI is InChI=1S/C18H24N4O3/c1-2-16(23)19-14-6-4-9-21(12-14)18(25)20-13-5-3-7-15(11-13)22-10-8-17(22)24/h3,5,7,11,14H,2,4,6,8-10,12H2,1H3,(H,19,23)(H,20,25)/t14-/m1/s1. The lowest BCUT2D eigenvalue weighted by atomic mass is 10.1. The topological polar surface area (TPSA) is 81.8 Å². The van der Waals surface area contributed by atoms with Crippen LogP contribution < -0.4 is 15.5 Å². The molecule has 2 aliphatic heterocycles. The van der Waals surface area contributed by atoms with Gasteiger partial charge in [0.1, 0.15) is 0 Å². The Morgan fingerprint density at radius 3 is 2.80 bits per heavy atom. The van der Waals surface area contributed by atoms with Crippen molar-refractivity contribution in [2.45, 2.75) is 38.6 Å². The van der Waals surface area contributed by atoms with Crippen LogP contribution in [-0.4, -0.2) is 48.4 Å². The molecule has 0 saturated carbocycles. The third-order valence-electron chi connectivity index (χ3n) is 4.65. The molecule has 1 aromatic rings. The van der Waals surface area contributed by atoms with Gasteiger partial charge in [0.2, 0.25) is 11.8 Å². The van der Waals surface area contributed by atoms with E-state index in [1.807, 2.05) is 31.2 Å². The zero-order valence-corrected chi connectivity index (χ0v) is 14.5. The van der Waals surface area contributed by atoms with Crippen LogP contribution in [0.3, 0.4) is 0 Å². The number of β-lactam (4-membered cyclic amide) rings is 1. The zero-order valence-electron chi connectivity index (χ0n) is 14.5. The predicted octanol–water partition coefficient (Wildman–Crippen LogP) is 1.95. The van der Waals surface area contributed by atoms with E-state index in [1.54, 1.807) is 9.80 Å². The second-order valence-corrected chi connectivity index (χ2v) is 6.48.